The molecule has 0 aromatic heterocycles. The highest BCUT2D eigenvalue weighted by Crippen LogP contribution is 2.12. The summed E-state index contributed by atoms with van der Waals surface area (Å²) in [7, 11) is 0. The van der Waals surface area contributed by atoms with Crippen molar-refractivity contribution in [2.24, 2.45) is 17.6 Å². The second-order valence-electron chi connectivity index (χ2n) is 7.37. The Bertz CT molecular complexity index is 650. The number of nitrogens with one attached hydrogen (secondary N) is 2. The van der Waals surface area contributed by atoms with Crippen molar-refractivity contribution < 1.29 is 19.5 Å². The van der Waals surface area contributed by atoms with E-state index in [4.69, 9.17) is 5.73 Å². The summed E-state index contributed by atoms with van der Waals surface area (Å²) in [4.78, 5) is 36.9. The molecular weight excluding hydrogens is 358 g/mol. The van der Waals surface area contributed by atoms with Crippen molar-refractivity contribution in [1.82, 2.24) is 10.6 Å². The zero-order valence-electron chi connectivity index (χ0n) is 17.1. The molecule has 0 radical (unpaired) electrons. The van der Waals surface area contributed by atoms with E-state index in [2.05, 4.69) is 10.6 Å². The molecule has 1 aromatic carbocycles. The minimum absolute atomic E-state index is 0.0227. The zero-order valence-corrected chi connectivity index (χ0v) is 17.1. The van der Waals surface area contributed by atoms with E-state index >= 15 is 0 Å². The normalized spacial score (nSPS) is 16.3. The van der Waals surface area contributed by atoms with Crippen LogP contribution in [0.5, 0.6) is 0 Å². The van der Waals surface area contributed by atoms with Gasteiger partial charge in [0.2, 0.25) is 11.8 Å². The molecule has 0 saturated heterocycles. The monoisotopic (exact) mass is 391 g/mol. The molecule has 1 aromatic rings. The molecule has 5 atom stereocenters. The third-order valence-corrected chi connectivity index (χ3v) is 5.25. The van der Waals surface area contributed by atoms with Gasteiger partial charge in [-0.15, -0.1) is 0 Å². The van der Waals surface area contributed by atoms with Gasteiger partial charge in [0.1, 0.15) is 12.1 Å². The van der Waals surface area contributed by atoms with Gasteiger partial charge in [-0.25, -0.2) is 4.79 Å². The van der Waals surface area contributed by atoms with Crippen LogP contribution >= 0.6 is 0 Å². The van der Waals surface area contributed by atoms with Crippen LogP contribution in [-0.2, 0) is 20.8 Å². The van der Waals surface area contributed by atoms with Crippen LogP contribution in [0.25, 0.3) is 0 Å². The minimum Gasteiger partial charge on any atom is -0.480 e. The average molecular weight is 392 g/mol. The fraction of sp³-hybridized carbons (Fsp3) is 0.571. The number of hydrogen-bond donors (Lipinski definition) is 4. The van der Waals surface area contributed by atoms with E-state index in [-0.39, 0.29) is 18.3 Å². The smallest absolute Gasteiger partial charge is 0.326 e. The van der Waals surface area contributed by atoms with Crippen molar-refractivity contribution in [3.63, 3.8) is 0 Å². The number of carbonyl (C=O) groups excluding carboxylic acids is 2. The first-order valence-electron chi connectivity index (χ1n) is 9.84. The van der Waals surface area contributed by atoms with E-state index in [1.54, 1.807) is 12.1 Å². The Kier molecular flexibility index (Phi) is 9.65. The summed E-state index contributed by atoms with van der Waals surface area (Å²) in [6.45, 7) is 7.57. The Labute approximate surface area is 167 Å². The molecule has 0 fully saturated rings. The van der Waals surface area contributed by atoms with Gasteiger partial charge in [-0.3, -0.25) is 9.59 Å². The number of hydrogen-bond acceptors (Lipinski definition) is 4. The van der Waals surface area contributed by atoms with E-state index in [1.807, 2.05) is 45.9 Å². The quantitative estimate of drug-likeness (QED) is 0.457. The minimum atomic E-state index is -1.12. The molecule has 28 heavy (non-hydrogen) atoms. The van der Waals surface area contributed by atoms with Crippen LogP contribution in [0.15, 0.2) is 30.3 Å². The van der Waals surface area contributed by atoms with E-state index in [9.17, 15) is 19.5 Å². The van der Waals surface area contributed by atoms with Gasteiger partial charge in [-0.05, 0) is 17.4 Å². The first kappa shape index (κ1) is 23.6. The number of rotatable bonds is 11. The highest BCUT2D eigenvalue weighted by atomic mass is 16.4. The van der Waals surface area contributed by atoms with Gasteiger partial charge in [0.05, 0.1) is 6.04 Å². The summed E-state index contributed by atoms with van der Waals surface area (Å²) < 4.78 is 0. The van der Waals surface area contributed by atoms with Gasteiger partial charge >= 0.3 is 5.97 Å². The lowest BCUT2D eigenvalue weighted by Gasteiger charge is -2.27. The summed E-state index contributed by atoms with van der Waals surface area (Å²) in [6, 6.07) is 6.44. The summed E-state index contributed by atoms with van der Waals surface area (Å²) in [5.41, 5.74) is 6.78. The van der Waals surface area contributed by atoms with Crippen LogP contribution in [0.3, 0.4) is 0 Å². The van der Waals surface area contributed by atoms with Crippen molar-refractivity contribution in [2.75, 3.05) is 0 Å². The maximum Gasteiger partial charge on any atom is 0.326 e. The molecule has 7 heteroatoms. The van der Waals surface area contributed by atoms with Crippen LogP contribution < -0.4 is 16.4 Å². The van der Waals surface area contributed by atoms with Crippen molar-refractivity contribution in [3.05, 3.63) is 35.9 Å². The molecule has 7 nitrogen and oxygen atoms in total. The van der Waals surface area contributed by atoms with Crippen LogP contribution in [0, 0.1) is 11.8 Å². The maximum absolute atomic E-state index is 12.8. The lowest BCUT2D eigenvalue weighted by molar-refractivity contribution is -0.142. The zero-order chi connectivity index (χ0) is 21.3. The second kappa shape index (κ2) is 11.4. The van der Waals surface area contributed by atoms with Crippen molar-refractivity contribution in [3.8, 4) is 0 Å². The Hall–Kier alpha value is -2.41. The van der Waals surface area contributed by atoms with E-state index in [1.165, 1.54) is 0 Å². The molecule has 0 heterocycles. The second-order valence-corrected chi connectivity index (χ2v) is 7.37. The van der Waals surface area contributed by atoms with Crippen LogP contribution in [0.4, 0.5) is 0 Å². The lowest BCUT2D eigenvalue weighted by Crippen LogP contribution is -2.57. The number of amides is 2. The van der Waals surface area contributed by atoms with E-state index < -0.39 is 35.9 Å². The maximum atomic E-state index is 12.8. The largest absolute Gasteiger partial charge is 0.480 e. The molecule has 0 saturated carbocycles. The third-order valence-electron chi connectivity index (χ3n) is 5.25. The first-order valence-corrected chi connectivity index (χ1v) is 9.84. The Morgan fingerprint density at radius 1 is 0.964 bits per heavy atom. The number of carboxylic acid groups (broad SMARTS) is 1. The fourth-order valence-electron chi connectivity index (χ4n) is 2.78. The van der Waals surface area contributed by atoms with E-state index in [0.717, 1.165) is 12.0 Å². The predicted molar refractivity (Wildman–Crippen MR) is 109 cm³/mol. The number of carbonyl (C=O) groups is 3. The summed E-state index contributed by atoms with van der Waals surface area (Å²) >= 11 is 0. The summed E-state index contributed by atoms with van der Waals surface area (Å²) in [5.74, 6) is -2.22. The van der Waals surface area contributed by atoms with Gasteiger partial charge in [0.25, 0.3) is 0 Å². The lowest BCUT2D eigenvalue weighted by atomic mass is 9.95. The van der Waals surface area contributed by atoms with Gasteiger partial charge in [0.15, 0.2) is 0 Å². The Morgan fingerprint density at radius 2 is 1.54 bits per heavy atom. The molecule has 0 bridgehead atoms. The standard InChI is InChI=1S/C21H33N3O4/c1-5-13(3)17(22)19(25)24-18(14(4)6-2)20(26)23-16(21(27)28)12-15-10-8-7-9-11-15/h7-11,13-14,16-18H,5-6,12,22H2,1-4H3,(H,23,26)(H,24,25)(H,27,28)/t13-,14-,16-,17-,18-/m0/s1. The summed E-state index contributed by atoms with van der Waals surface area (Å²) in [5, 5.41) is 14.8. The molecule has 0 spiro atoms. The molecule has 1 rings (SSSR count). The molecular formula is C21H33N3O4. The van der Waals surface area contributed by atoms with Crippen LogP contribution in [0.1, 0.15) is 46.1 Å². The number of aliphatic carboxylic acids is 1. The SMILES string of the molecule is CC[C@H](C)[C@H](N)C(=O)N[C@H](C(=O)N[C@@H](Cc1ccccc1)C(=O)O)[C@@H](C)CC. The topological polar surface area (TPSA) is 122 Å². The van der Waals surface area contributed by atoms with Gasteiger partial charge in [-0.1, -0.05) is 70.9 Å². The van der Waals surface area contributed by atoms with E-state index in [0.29, 0.717) is 6.42 Å². The average Bonchev–Trinajstić information content (AvgIpc) is 2.69. The third kappa shape index (κ3) is 6.96. The van der Waals surface area contributed by atoms with Crippen LogP contribution in [-0.4, -0.2) is 41.0 Å². The number of nitrogens with two attached hydrogens (primary N) is 1. The fourth-order valence-corrected chi connectivity index (χ4v) is 2.78. The highest BCUT2D eigenvalue weighted by Gasteiger charge is 2.31. The van der Waals surface area contributed by atoms with Crippen molar-refractivity contribution in [2.45, 2.75) is 65.1 Å². The van der Waals surface area contributed by atoms with Gasteiger partial charge < -0.3 is 21.5 Å². The van der Waals surface area contributed by atoms with Gasteiger partial charge in [0, 0.05) is 6.42 Å². The molecule has 2 amide bonds. The molecule has 0 aliphatic rings. The van der Waals surface area contributed by atoms with Gasteiger partial charge in [-0.2, -0.15) is 0 Å². The number of carboxylic acids is 1. The molecule has 0 aliphatic heterocycles. The molecule has 5 N–H and O–H groups in total. The Morgan fingerprint density at radius 3 is 2.04 bits per heavy atom. The van der Waals surface area contributed by atoms with Crippen molar-refractivity contribution >= 4 is 17.8 Å². The first-order chi connectivity index (χ1) is 13.2. The summed E-state index contributed by atoms with van der Waals surface area (Å²) in [6.07, 6.45) is 1.55. The molecule has 0 aliphatic carbocycles. The predicted octanol–water partition coefficient (Wildman–Crippen LogP) is 1.70. The Balaban J connectivity index is 2.89. The molecule has 156 valence electrons. The molecule has 0 unspecified atom stereocenters. The number of benzene rings is 1. The van der Waals surface area contributed by atoms with Crippen LogP contribution in [0.2, 0.25) is 0 Å². The highest BCUT2D eigenvalue weighted by molar-refractivity contribution is 5.92. The van der Waals surface area contributed by atoms with Crippen molar-refractivity contribution in [1.29, 1.82) is 0 Å².